The number of nitrogens with two attached hydrogens (primary N) is 1. The molecule has 0 saturated heterocycles. The fourth-order valence-corrected chi connectivity index (χ4v) is 2.82. The van der Waals surface area contributed by atoms with Crippen molar-refractivity contribution in [3.8, 4) is 5.82 Å². The number of hydrogen-bond acceptors (Lipinski definition) is 5. The van der Waals surface area contributed by atoms with E-state index in [1.54, 1.807) is 20.3 Å². The Morgan fingerprint density at radius 1 is 1.43 bits per heavy atom. The molecule has 0 atom stereocenters. The van der Waals surface area contributed by atoms with Crippen LogP contribution in [-0.4, -0.2) is 48.5 Å². The van der Waals surface area contributed by atoms with E-state index in [4.69, 9.17) is 5.73 Å². The molecule has 0 aliphatic rings. The highest BCUT2D eigenvalue weighted by Gasteiger charge is 2.21. The summed E-state index contributed by atoms with van der Waals surface area (Å²) in [6.07, 6.45) is 5.67. The van der Waals surface area contributed by atoms with Crippen LogP contribution in [0.5, 0.6) is 0 Å². The molecule has 0 spiro atoms. The van der Waals surface area contributed by atoms with E-state index in [0.717, 1.165) is 0 Å². The molecule has 0 aliphatic heterocycles. The molecule has 0 aromatic carbocycles. The van der Waals surface area contributed by atoms with Crippen molar-refractivity contribution in [2.24, 2.45) is 4.40 Å². The van der Waals surface area contributed by atoms with Gasteiger partial charge in [-0.3, -0.25) is 0 Å². The highest BCUT2D eigenvalue weighted by molar-refractivity contribution is 9.10. The molecule has 2 aromatic rings. The summed E-state index contributed by atoms with van der Waals surface area (Å²) in [5.74, 6) is 0.130. The first-order chi connectivity index (χ1) is 9.79. The predicted molar refractivity (Wildman–Crippen MR) is 82.8 cm³/mol. The molecule has 0 amide bonds. The summed E-state index contributed by atoms with van der Waals surface area (Å²) in [5.41, 5.74) is 5.86. The molecule has 0 saturated carbocycles. The van der Waals surface area contributed by atoms with E-state index in [0.29, 0.717) is 4.47 Å². The standard InChI is InChI=1S/C11H13BrN6O2S/c1-17(2)7-16-21(19,20)10-3-9(13)5-14-11(10)18-6-8(12)4-15-18/h3-7H,13H2,1-2H3. The molecule has 0 unspecified atom stereocenters. The topological polar surface area (TPSA) is 106 Å². The van der Waals surface area contributed by atoms with Crippen LogP contribution in [0.2, 0.25) is 0 Å². The molecule has 2 N–H and O–H groups in total. The summed E-state index contributed by atoms with van der Waals surface area (Å²) in [7, 11) is -0.601. The second kappa shape index (κ2) is 5.82. The van der Waals surface area contributed by atoms with E-state index in [1.165, 1.54) is 34.4 Å². The second-order valence-electron chi connectivity index (χ2n) is 4.35. The van der Waals surface area contributed by atoms with Gasteiger partial charge in [0.25, 0.3) is 10.0 Å². The maximum absolute atomic E-state index is 12.3. The van der Waals surface area contributed by atoms with Crippen molar-refractivity contribution >= 4 is 38.0 Å². The van der Waals surface area contributed by atoms with Gasteiger partial charge in [-0.15, -0.1) is 4.40 Å². The summed E-state index contributed by atoms with van der Waals surface area (Å²) < 4.78 is 30.2. The Morgan fingerprint density at radius 2 is 2.14 bits per heavy atom. The predicted octanol–water partition coefficient (Wildman–Crippen LogP) is 0.891. The molecule has 0 radical (unpaired) electrons. The second-order valence-corrected chi connectivity index (χ2v) is 6.87. The number of hydrogen-bond donors (Lipinski definition) is 1. The van der Waals surface area contributed by atoms with Gasteiger partial charge in [0.05, 0.1) is 22.6 Å². The van der Waals surface area contributed by atoms with Crippen molar-refractivity contribution < 1.29 is 8.42 Å². The molecular weight excluding hydrogens is 360 g/mol. The molecule has 8 nitrogen and oxygen atoms in total. The van der Waals surface area contributed by atoms with Gasteiger partial charge >= 0.3 is 0 Å². The Labute approximate surface area is 130 Å². The summed E-state index contributed by atoms with van der Waals surface area (Å²) in [4.78, 5) is 5.44. The zero-order valence-corrected chi connectivity index (χ0v) is 13.7. The molecule has 0 bridgehead atoms. The molecule has 2 aromatic heterocycles. The molecular formula is C11H13BrN6O2S. The van der Waals surface area contributed by atoms with Crippen LogP contribution >= 0.6 is 15.9 Å². The number of halogens is 1. The third kappa shape index (κ3) is 3.58. The minimum absolute atomic E-state index is 0.115. The van der Waals surface area contributed by atoms with Crippen LogP contribution in [0.15, 0.2) is 38.4 Å². The molecule has 10 heteroatoms. The first-order valence-electron chi connectivity index (χ1n) is 5.72. The lowest BCUT2D eigenvalue weighted by Gasteiger charge is -2.08. The number of nitrogens with zero attached hydrogens (tertiary/aromatic N) is 5. The van der Waals surface area contributed by atoms with Crippen LogP contribution < -0.4 is 5.73 Å². The Hall–Kier alpha value is -1.94. The van der Waals surface area contributed by atoms with Crippen LogP contribution in [-0.2, 0) is 10.0 Å². The number of pyridine rings is 1. The van der Waals surface area contributed by atoms with Gasteiger partial charge in [-0.25, -0.2) is 9.67 Å². The zero-order chi connectivity index (χ0) is 15.6. The van der Waals surface area contributed by atoms with Crippen LogP contribution in [0.3, 0.4) is 0 Å². The average molecular weight is 373 g/mol. The van der Waals surface area contributed by atoms with Crippen molar-refractivity contribution in [3.05, 3.63) is 29.1 Å². The fourth-order valence-electron chi connectivity index (χ4n) is 1.44. The summed E-state index contributed by atoms with van der Waals surface area (Å²) in [6.45, 7) is 0. The van der Waals surface area contributed by atoms with E-state index in [2.05, 4.69) is 30.4 Å². The lowest BCUT2D eigenvalue weighted by atomic mass is 10.4. The molecule has 2 heterocycles. The van der Waals surface area contributed by atoms with E-state index in [1.807, 2.05) is 0 Å². The van der Waals surface area contributed by atoms with E-state index < -0.39 is 10.0 Å². The van der Waals surface area contributed by atoms with Gasteiger partial charge in [0.15, 0.2) is 5.82 Å². The van der Waals surface area contributed by atoms with Crippen molar-refractivity contribution in [3.63, 3.8) is 0 Å². The quantitative estimate of drug-likeness (QED) is 0.630. The number of sulfonamides is 1. The average Bonchev–Trinajstić information content (AvgIpc) is 2.83. The third-order valence-corrected chi connectivity index (χ3v) is 3.95. The number of rotatable bonds is 4. The minimum Gasteiger partial charge on any atom is -0.397 e. The van der Waals surface area contributed by atoms with Gasteiger partial charge in [0.2, 0.25) is 0 Å². The van der Waals surface area contributed by atoms with Crippen molar-refractivity contribution in [1.29, 1.82) is 0 Å². The highest BCUT2D eigenvalue weighted by Crippen LogP contribution is 2.22. The highest BCUT2D eigenvalue weighted by atomic mass is 79.9. The van der Waals surface area contributed by atoms with Gasteiger partial charge in [0.1, 0.15) is 11.2 Å². The Bertz CT molecular complexity index is 784. The maximum Gasteiger partial charge on any atom is 0.287 e. The van der Waals surface area contributed by atoms with Crippen molar-refractivity contribution in [2.75, 3.05) is 19.8 Å². The first kappa shape index (κ1) is 15.4. The van der Waals surface area contributed by atoms with Crippen LogP contribution in [0.1, 0.15) is 0 Å². The zero-order valence-electron chi connectivity index (χ0n) is 11.3. The van der Waals surface area contributed by atoms with E-state index in [9.17, 15) is 8.42 Å². The normalized spacial score (nSPS) is 12.0. The number of aromatic nitrogens is 3. The van der Waals surface area contributed by atoms with E-state index in [-0.39, 0.29) is 16.4 Å². The Morgan fingerprint density at radius 3 is 2.71 bits per heavy atom. The fraction of sp³-hybridized carbons (Fsp3) is 0.182. The largest absolute Gasteiger partial charge is 0.397 e. The van der Waals surface area contributed by atoms with Gasteiger partial charge in [-0.05, 0) is 22.0 Å². The first-order valence-corrected chi connectivity index (χ1v) is 7.96. The maximum atomic E-state index is 12.3. The summed E-state index contributed by atoms with van der Waals surface area (Å²) >= 11 is 3.25. The number of anilines is 1. The summed E-state index contributed by atoms with van der Waals surface area (Å²) in [5, 5.41) is 4.02. The molecule has 112 valence electrons. The smallest absolute Gasteiger partial charge is 0.287 e. The summed E-state index contributed by atoms with van der Waals surface area (Å²) in [6, 6.07) is 1.31. The van der Waals surface area contributed by atoms with Crippen LogP contribution in [0.25, 0.3) is 5.82 Å². The lowest BCUT2D eigenvalue weighted by molar-refractivity contribution is 0.593. The molecule has 0 aliphatic carbocycles. The molecule has 2 rings (SSSR count). The Balaban J connectivity index is 2.60. The van der Waals surface area contributed by atoms with E-state index >= 15 is 0 Å². The molecule has 21 heavy (non-hydrogen) atoms. The van der Waals surface area contributed by atoms with Crippen molar-refractivity contribution in [1.82, 2.24) is 19.7 Å². The molecule has 0 fully saturated rings. The van der Waals surface area contributed by atoms with Gasteiger partial charge < -0.3 is 10.6 Å². The van der Waals surface area contributed by atoms with Crippen LogP contribution in [0.4, 0.5) is 5.69 Å². The Kier molecular flexibility index (Phi) is 4.28. The SMILES string of the molecule is CN(C)C=NS(=O)(=O)c1cc(N)cnc1-n1cc(Br)cn1. The van der Waals surface area contributed by atoms with Crippen LogP contribution in [0, 0.1) is 0 Å². The number of nitrogen functional groups attached to an aromatic ring is 1. The van der Waals surface area contributed by atoms with Crippen molar-refractivity contribution in [2.45, 2.75) is 4.90 Å². The lowest BCUT2D eigenvalue weighted by Crippen LogP contribution is -2.12. The van der Waals surface area contributed by atoms with Gasteiger partial charge in [0, 0.05) is 20.3 Å². The van der Waals surface area contributed by atoms with Gasteiger partial charge in [-0.1, -0.05) is 0 Å². The monoisotopic (exact) mass is 372 g/mol. The third-order valence-electron chi connectivity index (χ3n) is 2.32. The minimum atomic E-state index is -3.94. The van der Waals surface area contributed by atoms with Gasteiger partial charge in [-0.2, -0.15) is 13.5 Å².